The van der Waals surface area contributed by atoms with E-state index >= 15 is 0 Å². The third-order valence-electron chi connectivity index (χ3n) is 2.45. The Kier molecular flexibility index (Phi) is 6.02. The van der Waals surface area contributed by atoms with Crippen LogP contribution in [0.25, 0.3) is 0 Å². The summed E-state index contributed by atoms with van der Waals surface area (Å²) in [7, 11) is 2.75. The molecule has 0 aliphatic carbocycles. The van der Waals surface area contributed by atoms with E-state index in [-0.39, 0.29) is 11.3 Å². The van der Waals surface area contributed by atoms with Gasteiger partial charge in [0, 0.05) is 6.07 Å². The molecule has 1 N–H and O–H groups in total. The average molecular weight is 321 g/mol. The number of ether oxygens (including phenoxy) is 3. The van der Waals surface area contributed by atoms with Crippen molar-refractivity contribution in [1.82, 2.24) is 5.32 Å². The zero-order valence-electron chi connectivity index (χ0n) is 11.8. The molecule has 0 atom stereocenters. The molecular weight excluding hydrogens is 307 g/mol. The van der Waals surface area contributed by atoms with Crippen LogP contribution in [0.3, 0.4) is 0 Å². The van der Waals surface area contributed by atoms with E-state index in [9.17, 15) is 22.8 Å². The van der Waals surface area contributed by atoms with Crippen LogP contribution < -0.4 is 14.8 Å². The Morgan fingerprint density at radius 3 is 2.41 bits per heavy atom. The molecule has 122 valence electrons. The Morgan fingerprint density at radius 1 is 1.18 bits per heavy atom. The second-order valence-corrected chi connectivity index (χ2v) is 4.03. The molecular formula is C13H14F3NO5. The van der Waals surface area contributed by atoms with E-state index in [4.69, 9.17) is 9.47 Å². The molecule has 1 rings (SSSR count). The molecule has 0 unspecified atom stereocenters. The van der Waals surface area contributed by atoms with Crippen LogP contribution in [0.4, 0.5) is 13.2 Å². The first-order valence-corrected chi connectivity index (χ1v) is 5.99. The molecule has 1 amide bonds. The third kappa shape index (κ3) is 5.51. The number of rotatable bonds is 6. The van der Waals surface area contributed by atoms with Gasteiger partial charge in [-0.05, 0) is 12.1 Å². The summed E-state index contributed by atoms with van der Waals surface area (Å²) in [4.78, 5) is 22.9. The number of nitrogens with one attached hydrogen (secondary N) is 1. The van der Waals surface area contributed by atoms with Crippen LogP contribution in [0.1, 0.15) is 10.4 Å². The first kappa shape index (κ1) is 17.6. The number of amides is 1. The minimum Gasteiger partial charge on any atom is -0.497 e. The molecule has 1 aromatic carbocycles. The minimum atomic E-state index is -4.53. The fraction of sp³-hybridized carbons (Fsp3) is 0.385. The van der Waals surface area contributed by atoms with Gasteiger partial charge >= 0.3 is 12.1 Å². The molecule has 0 fully saturated rings. The van der Waals surface area contributed by atoms with Gasteiger partial charge in [0.1, 0.15) is 23.6 Å². The maximum atomic E-state index is 11.9. The summed E-state index contributed by atoms with van der Waals surface area (Å²) in [6, 6.07) is 4.26. The molecule has 0 saturated heterocycles. The molecule has 22 heavy (non-hydrogen) atoms. The van der Waals surface area contributed by atoms with Crippen molar-refractivity contribution in [2.24, 2.45) is 0 Å². The fourth-order valence-electron chi connectivity index (χ4n) is 1.43. The SMILES string of the molecule is COc1ccc(C(=O)OCC(=O)NCC(F)(F)F)c(OC)c1. The Morgan fingerprint density at radius 2 is 1.86 bits per heavy atom. The van der Waals surface area contributed by atoms with Gasteiger partial charge in [0.2, 0.25) is 0 Å². The lowest BCUT2D eigenvalue weighted by molar-refractivity contribution is -0.140. The second-order valence-electron chi connectivity index (χ2n) is 4.03. The number of methoxy groups -OCH3 is 2. The minimum absolute atomic E-state index is 0.0203. The van der Waals surface area contributed by atoms with Gasteiger partial charge in [0.15, 0.2) is 6.61 Å². The first-order valence-electron chi connectivity index (χ1n) is 5.99. The molecule has 0 bridgehead atoms. The van der Waals surface area contributed by atoms with Crippen molar-refractivity contribution in [1.29, 1.82) is 0 Å². The van der Waals surface area contributed by atoms with Crippen LogP contribution in [0.15, 0.2) is 18.2 Å². The highest BCUT2D eigenvalue weighted by Crippen LogP contribution is 2.25. The Bertz CT molecular complexity index is 545. The molecule has 0 heterocycles. The average Bonchev–Trinajstić information content (AvgIpc) is 2.49. The van der Waals surface area contributed by atoms with Gasteiger partial charge < -0.3 is 19.5 Å². The van der Waals surface area contributed by atoms with Crippen molar-refractivity contribution >= 4 is 11.9 Å². The van der Waals surface area contributed by atoms with Gasteiger partial charge in [0.25, 0.3) is 5.91 Å². The second kappa shape index (κ2) is 7.53. The molecule has 9 heteroatoms. The summed E-state index contributed by atoms with van der Waals surface area (Å²) in [6.45, 7) is -2.32. The normalized spacial score (nSPS) is 10.8. The number of esters is 1. The zero-order valence-corrected chi connectivity index (χ0v) is 11.8. The predicted octanol–water partition coefficient (Wildman–Crippen LogP) is 1.54. The largest absolute Gasteiger partial charge is 0.497 e. The van der Waals surface area contributed by atoms with Crippen molar-refractivity contribution in [3.8, 4) is 11.5 Å². The van der Waals surface area contributed by atoms with Crippen LogP contribution in [-0.4, -0.2) is 45.4 Å². The lowest BCUT2D eigenvalue weighted by atomic mass is 10.2. The monoisotopic (exact) mass is 321 g/mol. The number of halogens is 3. The number of hydrogen-bond acceptors (Lipinski definition) is 5. The van der Waals surface area contributed by atoms with E-state index in [1.165, 1.54) is 32.4 Å². The van der Waals surface area contributed by atoms with E-state index in [2.05, 4.69) is 4.74 Å². The quantitative estimate of drug-likeness (QED) is 0.805. The summed E-state index contributed by atoms with van der Waals surface area (Å²) >= 11 is 0. The van der Waals surface area contributed by atoms with Crippen LogP contribution in [0.2, 0.25) is 0 Å². The van der Waals surface area contributed by atoms with Crippen LogP contribution in [-0.2, 0) is 9.53 Å². The van der Waals surface area contributed by atoms with Gasteiger partial charge in [-0.25, -0.2) is 4.79 Å². The standard InChI is InChI=1S/C13H14F3NO5/c1-20-8-3-4-9(10(5-8)21-2)12(19)22-6-11(18)17-7-13(14,15)16/h3-5H,6-7H2,1-2H3,(H,17,18). The van der Waals surface area contributed by atoms with Crippen molar-refractivity contribution in [3.05, 3.63) is 23.8 Å². The fourth-order valence-corrected chi connectivity index (χ4v) is 1.43. The van der Waals surface area contributed by atoms with Gasteiger partial charge in [-0.3, -0.25) is 4.79 Å². The van der Waals surface area contributed by atoms with Crippen LogP contribution >= 0.6 is 0 Å². The number of carbonyl (C=O) groups excluding carboxylic acids is 2. The van der Waals surface area contributed by atoms with Gasteiger partial charge in [0.05, 0.1) is 14.2 Å². The van der Waals surface area contributed by atoms with Crippen LogP contribution in [0, 0.1) is 0 Å². The Labute approximate surface area is 124 Å². The Hall–Kier alpha value is -2.45. The molecule has 0 spiro atoms. The van der Waals surface area contributed by atoms with Gasteiger partial charge in [-0.2, -0.15) is 13.2 Å². The topological polar surface area (TPSA) is 73.9 Å². The van der Waals surface area contributed by atoms with E-state index < -0.39 is 31.2 Å². The van der Waals surface area contributed by atoms with Crippen molar-refractivity contribution < 1.29 is 37.0 Å². The van der Waals surface area contributed by atoms with E-state index in [1.54, 1.807) is 5.32 Å². The van der Waals surface area contributed by atoms with E-state index in [1.807, 2.05) is 0 Å². The highest BCUT2D eigenvalue weighted by molar-refractivity contribution is 5.94. The smallest absolute Gasteiger partial charge is 0.405 e. The summed E-state index contributed by atoms with van der Waals surface area (Å²) < 4.78 is 50.3. The lowest BCUT2D eigenvalue weighted by Crippen LogP contribution is -2.36. The maximum absolute atomic E-state index is 11.9. The summed E-state index contributed by atoms with van der Waals surface area (Å²) in [5.41, 5.74) is 0.0203. The molecule has 0 radical (unpaired) electrons. The molecule has 6 nitrogen and oxygen atoms in total. The van der Waals surface area contributed by atoms with Crippen molar-refractivity contribution in [2.75, 3.05) is 27.4 Å². The van der Waals surface area contributed by atoms with Crippen molar-refractivity contribution in [2.45, 2.75) is 6.18 Å². The molecule has 0 aliphatic heterocycles. The molecule has 0 saturated carbocycles. The Balaban J connectivity index is 2.60. The predicted molar refractivity (Wildman–Crippen MR) is 68.9 cm³/mol. The number of benzene rings is 1. The number of alkyl halides is 3. The summed E-state index contributed by atoms with van der Waals surface area (Å²) in [5.74, 6) is -1.36. The highest BCUT2D eigenvalue weighted by Gasteiger charge is 2.28. The van der Waals surface area contributed by atoms with Gasteiger partial charge in [-0.1, -0.05) is 0 Å². The molecule has 0 aliphatic rings. The van der Waals surface area contributed by atoms with Crippen molar-refractivity contribution in [3.63, 3.8) is 0 Å². The van der Waals surface area contributed by atoms with E-state index in [0.717, 1.165) is 0 Å². The number of carbonyl (C=O) groups is 2. The summed E-state index contributed by atoms with van der Waals surface area (Å²) in [6.07, 6.45) is -4.53. The number of hydrogen-bond donors (Lipinski definition) is 1. The summed E-state index contributed by atoms with van der Waals surface area (Å²) in [5, 5.41) is 1.58. The zero-order chi connectivity index (χ0) is 16.8. The maximum Gasteiger partial charge on any atom is 0.405 e. The molecule has 1 aromatic rings. The van der Waals surface area contributed by atoms with Crippen LogP contribution in [0.5, 0.6) is 11.5 Å². The lowest BCUT2D eigenvalue weighted by Gasteiger charge is -2.11. The third-order valence-corrected chi connectivity index (χ3v) is 2.45. The molecule has 0 aromatic heterocycles. The van der Waals surface area contributed by atoms with E-state index in [0.29, 0.717) is 5.75 Å². The first-order chi connectivity index (χ1) is 10.3. The van der Waals surface area contributed by atoms with Gasteiger partial charge in [-0.15, -0.1) is 0 Å². The highest BCUT2D eigenvalue weighted by atomic mass is 19.4.